The molecule has 1 amide bonds. The van der Waals surface area contributed by atoms with E-state index < -0.39 is 0 Å². The van der Waals surface area contributed by atoms with Gasteiger partial charge in [-0.2, -0.15) is 0 Å². The number of benzene rings is 1. The van der Waals surface area contributed by atoms with Crippen molar-refractivity contribution >= 4 is 11.6 Å². The molecule has 4 nitrogen and oxygen atoms in total. The molecule has 3 N–H and O–H groups in total. The zero-order valence-electron chi connectivity index (χ0n) is 9.98. The number of amides is 1. The lowest BCUT2D eigenvalue weighted by Gasteiger charge is -2.32. The summed E-state index contributed by atoms with van der Waals surface area (Å²) in [5.74, 6) is 0.864. The lowest BCUT2D eigenvalue weighted by atomic mass is 9.79. The van der Waals surface area contributed by atoms with Crippen LogP contribution in [0.4, 0.5) is 5.69 Å². The van der Waals surface area contributed by atoms with E-state index in [1.165, 1.54) is 6.42 Å². The molecule has 92 valence electrons. The molecule has 1 unspecified atom stereocenters. The molecule has 2 rings (SSSR count). The van der Waals surface area contributed by atoms with Gasteiger partial charge in [0.1, 0.15) is 11.8 Å². The van der Waals surface area contributed by atoms with Crippen molar-refractivity contribution < 1.29 is 9.53 Å². The molecule has 0 aliphatic heterocycles. The molecule has 0 bridgehead atoms. The van der Waals surface area contributed by atoms with Gasteiger partial charge in [0.15, 0.2) is 0 Å². The summed E-state index contributed by atoms with van der Waals surface area (Å²) < 4.78 is 5.14. The molecule has 0 aromatic heterocycles. The third kappa shape index (κ3) is 2.70. The topological polar surface area (TPSA) is 64.3 Å². The predicted octanol–water partition coefficient (Wildman–Crippen LogP) is 1.76. The zero-order valence-corrected chi connectivity index (χ0v) is 9.98. The van der Waals surface area contributed by atoms with E-state index in [0.717, 1.165) is 24.3 Å². The fourth-order valence-electron chi connectivity index (χ4n) is 2.09. The Kier molecular flexibility index (Phi) is 3.52. The van der Waals surface area contributed by atoms with Crippen LogP contribution in [0.15, 0.2) is 24.3 Å². The Labute approximate surface area is 101 Å². The highest BCUT2D eigenvalue weighted by Gasteiger charge is 2.31. The number of primary amides is 1. The summed E-state index contributed by atoms with van der Waals surface area (Å²) >= 11 is 0. The third-order valence-electron chi connectivity index (χ3n) is 3.32. The van der Waals surface area contributed by atoms with E-state index in [9.17, 15) is 4.79 Å². The van der Waals surface area contributed by atoms with Gasteiger partial charge in [0.2, 0.25) is 5.91 Å². The van der Waals surface area contributed by atoms with E-state index >= 15 is 0 Å². The predicted molar refractivity (Wildman–Crippen MR) is 66.9 cm³/mol. The number of carbonyl (C=O) groups is 1. The van der Waals surface area contributed by atoms with Crippen molar-refractivity contribution in [3.8, 4) is 5.75 Å². The van der Waals surface area contributed by atoms with Crippen LogP contribution in [0.3, 0.4) is 0 Å². The lowest BCUT2D eigenvalue weighted by molar-refractivity contribution is -0.120. The first-order valence-corrected chi connectivity index (χ1v) is 5.90. The van der Waals surface area contributed by atoms with Crippen molar-refractivity contribution in [1.82, 2.24) is 0 Å². The number of nitrogens with two attached hydrogens (primary N) is 1. The molecular formula is C13H18N2O2. The van der Waals surface area contributed by atoms with Gasteiger partial charge in [-0.05, 0) is 30.9 Å². The van der Waals surface area contributed by atoms with Gasteiger partial charge in [0, 0.05) is 11.8 Å². The minimum atomic E-state index is -0.280. The first-order chi connectivity index (χ1) is 8.20. The molecule has 1 aliphatic carbocycles. The number of carbonyl (C=O) groups excluding carboxylic acids is 1. The quantitative estimate of drug-likeness (QED) is 0.816. The molecule has 0 saturated heterocycles. The van der Waals surface area contributed by atoms with Gasteiger partial charge in [0.25, 0.3) is 0 Å². The number of methoxy groups -OCH3 is 1. The maximum absolute atomic E-state index is 11.4. The first kappa shape index (κ1) is 11.8. The second-order valence-electron chi connectivity index (χ2n) is 4.45. The van der Waals surface area contributed by atoms with E-state index in [4.69, 9.17) is 10.5 Å². The summed E-state index contributed by atoms with van der Waals surface area (Å²) in [6.45, 7) is 0. The van der Waals surface area contributed by atoms with Crippen LogP contribution in [0.2, 0.25) is 0 Å². The maximum atomic E-state index is 11.4. The molecular weight excluding hydrogens is 216 g/mol. The van der Waals surface area contributed by atoms with Gasteiger partial charge in [-0.25, -0.2) is 0 Å². The molecule has 1 saturated carbocycles. The number of hydrogen-bond acceptors (Lipinski definition) is 3. The van der Waals surface area contributed by atoms with Gasteiger partial charge >= 0.3 is 0 Å². The molecule has 1 aliphatic rings. The van der Waals surface area contributed by atoms with Crippen LogP contribution in [-0.2, 0) is 4.79 Å². The third-order valence-corrected chi connectivity index (χ3v) is 3.32. The summed E-state index contributed by atoms with van der Waals surface area (Å²) in [5, 5.41) is 3.20. The standard InChI is InChI=1S/C13H18N2O2/c1-17-11-7-3-6-10(8-11)15-12(13(14)16)9-4-2-5-9/h3,6-9,12,15H,2,4-5H2,1H3,(H2,14,16). The molecule has 1 fully saturated rings. The normalized spacial score (nSPS) is 17.0. The second-order valence-corrected chi connectivity index (χ2v) is 4.45. The van der Waals surface area contributed by atoms with Crippen LogP contribution in [0, 0.1) is 5.92 Å². The van der Waals surface area contributed by atoms with Gasteiger partial charge in [-0.1, -0.05) is 12.5 Å². The highest BCUT2D eigenvalue weighted by molar-refractivity contribution is 5.83. The van der Waals surface area contributed by atoms with Crippen LogP contribution < -0.4 is 15.8 Å². The highest BCUT2D eigenvalue weighted by Crippen LogP contribution is 2.31. The van der Waals surface area contributed by atoms with Crippen molar-refractivity contribution in [2.75, 3.05) is 12.4 Å². The Morgan fingerprint density at radius 3 is 2.82 bits per heavy atom. The van der Waals surface area contributed by atoms with Gasteiger partial charge in [-0.15, -0.1) is 0 Å². The number of rotatable bonds is 5. The van der Waals surface area contributed by atoms with E-state index in [-0.39, 0.29) is 11.9 Å². The fourth-order valence-corrected chi connectivity index (χ4v) is 2.09. The van der Waals surface area contributed by atoms with E-state index in [1.54, 1.807) is 7.11 Å². The van der Waals surface area contributed by atoms with Crippen LogP contribution in [0.1, 0.15) is 19.3 Å². The largest absolute Gasteiger partial charge is 0.497 e. The molecule has 4 heteroatoms. The van der Waals surface area contributed by atoms with Crippen molar-refractivity contribution in [3.63, 3.8) is 0 Å². The minimum absolute atomic E-state index is 0.268. The summed E-state index contributed by atoms with van der Waals surface area (Å²) in [6, 6.07) is 7.27. The van der Waals surface area contributed by atoms with Crippen LogP contribution in [-0.4, -0.2) is 19.1 Å². The average Bonchev–Trinajstić information content (AvgIpc) is 2.26. The summed E-state index contributed by atoms with van der Waals surface area (Å²) in [6.07, 6.45) is 3.34. The van der Waals surface area contributed by atoms with Gasteiger partial charge in [-0.3, -0.25) is 4.79 Å². The van der Waals surface area contributed by atoms with E-state index in [2.05, 4.69) is 5.32 Å². The van der Waals surface area contributed by atoms with Crippen molar-refractivity contribution in [2.24, 2.45) is 11.7 Å². The van der Waals surface area contributed by atoms with Gasteiger partial charge in [0.05, 0.1) is 7.11 Å². The second kappa shape index (κ2) is 5.08. The summed E-state index contributed by atoms with van der Waals surface area (Å²) in [5.41, 5.74) is 6.31. The summed E-state index contributed by atoms with van der Waals surface area (Å²) in [7, 11) is 1.62. The maximum Gasteiger partial charge on any atom is 0.240 e. The minimum Gasteiger partial charge on any atom is -0.497 e. The number of hydrogen-bond donors (Lipinski definition) is 2. The molecule has 1 aromatic rings. The SMILES string of the molecule is COc1cccc(NC(C(N)=O)C2CCC2)c1. The molecule has 0 radical (unpaired) electrons. The molecule has 0 spiro atoms. The van der Waals surface area contributed by atoms with E-state index in [1.807, 2.05) is 24.3 Å². The number of anilines is 1. The Hall–Kier alpha value is -1.71. The van der Waals surface area contributed by atoms with Crippen molar-refractivity contribution in [3.05, 3.63) is 24.3 Å². The first-order valence-electron chi connectivity index (χ1n) is 5.90. The monoisotopic (exact) mass is 234 g/mol. The number of ether oxygens (including phenoxy) is 1. The lowest BCUT2D eigenvalue weighted by Crippen LogP contribution is -2.44. The summed E-state index contributed by atoms with van der Waals surface area (Å²) in [4.78, 5) is 11.4. The Morgan fingerprint density at radius 2 is 2.29 bits per heavy atom. The highest BCUT2D eigenvalue weighted by atomic mass is 16.5. The Bertz CT molecular complexity index is 402. The average molecular weight is 234 g/mol. The molecule has 17 heavy (non-hydrogen) atoms. The molecule has 1 aromatic carbocycles. The Balaban J connectivity index is 2.08. The van der Waals surface area contributed by atoms with E-state index in [0.29, 0.717) is 5.92 Å². The smallest absolute Gasteiger partial charge is 0.240 e. The Morgan fingerprint density at radius 1 is 1.53 bits per heavy atom. The number of nitrogens with one attached hydrogen (secondary N) is 1. The van der Waals surface area contributed by atoms with Crippen molar-refractivity contribution in [1.29, 1.82) is 0 Å². The van der Waals surface area contributed by atoms with Gasteiger partial charge < -0.3 is 15.8 Å². The fraction of sp³-hybridized carbons (Fsp3) is 0.462. The van der Waals surface area contributed by atoms with Crippen LogP contribution in [0.5, 0.6) is 5.75 Å². The molecule has 1 atom stereocenters. The van der Waals surface area contributed by atoms with Crippen molar-refractivity contribution in [2.45, 2.75) is 25.3 Å². The molecule has 0 heterocycles. The zero-order chi connectivity index (χ0) is 12.3. The van der Waals surface area contributed by atoms with Crippen LogP contribution in [0.25, 0.3) is 0 Å². The van der Waals surface area contributed by atoms with Crippen LogP contribution >= 0.6 is 0 Å².